The van der Waals surface area contributed by atoms with E-state index in [2.05, 4.69) is 11.3 Å². The van der Waals surface area contributed by atoms with Gasteiger partial charge in [-0.2, -0.15) is 0 Å². The first-order valence-corrected chi connectivity index (χ1v) is 6.07. The van der Waals surface area contributed by atoms with E-state index in [4.69, 9.17) is 4.74 Å². The van der Waals surface area contributed by atoms with Crippen LogP contribution in [-0.2, 0) is 19.6 Å². The van der Waals surface area contributed by atoms with Crippen molar-refractivity contribution in [2.24, 2.45) is 0 Å². The van der Waals surface area contributed by atoms with E-state index < -0.39 is 10.0 Å². The molecule has 1 aliphatic rings. The molecule has 0 aliphatic carbocycles. The molecule has 0 atom stereocenters. The number of carbonyl (C=O) groups excluding carboxylic acids is 1. The Balaban J connectivity index is 2.38. The van der Waals surface area contributed by atoms with Crippen LogP contribution in [-0.4, -0.2) is 52.1 Å². The topological polar surface area (TPSA) is 75.7 Å². The largest absolute Gasteiger partial charge is 0.378 e. The van der Waals surface area contributed by atoms with Crippen molar-refractivity contribution in [2.75, 3.05) is 32.8 Å². The average molecular weight is 234 g/mol. The van der Waals surface area contributed by atoms with Gasteiger partial charge in [0.15, 0.2) is 0 Å². The van der Waals surface area contributed by atoms with E-state index in [0.29, 0.717) is 26.3 Å². The monoisotopic (exact) mass is 234 g/mol. The first-order chi connectivity index (χ1) is 7.05. The molecule has 1 amide bonds. The molecule has 1 fully saturated rings. The number of hydrogen-bond acceptors (Lipinski definition) is 4. The Kier molecular flexibility index (Phi) is 4.25. The number of morpholine rings is 1. The smallest absolute Gasteiger partial charge is 0.237 e. The highest BCUT2D eigenvalue weighted by molar-refractivity contribution is 7.92. The van der Waals surface area contributed by atoms with Crippen molar-refractivity contribution in [1.82, 2.24) is 9.62 Å². The number of ether oxygens (including phenoxy) is 1. The Bertz CT molecular complexity index is 333. The first kappa shape index (κ1) is 12.2. The number of hydrogen-bond donors (Lipinski definition) is 1. The first-order valence-electron chi connectivity index (χ1n) is 4.53. The number of rotatable bonds is 4. The molecule has 0 aromatic heterocycles. The lowest BCUT2D eigenvalue weighted by atomic mass is 10.4. The van der Waals surface area contributed by atoms with Crippen molar-refractivity contribution in [1.29, 1.82) is 0 Å². The number of amides is 1. The Morgan fingerprint density at radius 2 is 2.07 bits per heavy atom. The highest BCUT2D eigenvalue weighted by Crippen LogP contribution is 1.97. The maximum atomic E-state index is 11.5. The molecule has 0 aromatic rings. The fourth-order valence-corrected chi connectivity index (χ4v) is 1.59. The lowest BCUT2D eigenvalue weighted by Gasteiger charge is -2.26. The van der Waals surface area contributed by atoms with Crippen molar-refractivity contribution >= 4 is 15.9 Å². The van der Waals surface area contributed by atoms with Gasteiger partial charge >= 0.3 is 0 Å². The van der Waals surface area contributed by atoms with Gasteiger partial charge in [0.2, 0.25) is 15.9 Å². The van der Waals surface area contributed by atoms with Gasteiger partial charge < -0.3 is 9.64 Å². The summed E-state index contributed by atoms with van der Waals surface area (Å²) < 4.78 is 29.1. The molecular formula is C8H14N2O4S. The predicted octanol–water partition coefficient (Wildman–Crippen LogP) is -1.09. The van der Waals surface area contributed by atoms with Gasteiger partial charge in [-0.15, -0.1) is 0 Å². The molecule has 15 heavy (non-hydrogen) atoms. The molecular weight excluding hydrogens is 220 g/mol. The molecule has 0 saturated carbocycles. The van der Waals surface area contributed by atoms with E-state index in [-0.39, 0.29) is 12.5 Å². The van der Waals surface area contributed by atoms with Crippen molar-refractivity contribution in [2.45, 2.75) is 0 Å². The zero-order chi connectivity index (χ0) is 11.3. The van der Waals surface area contributed by atoms with E-state index in [0.717, 1.165) is 5.41 Å². The van der Waals surface area contributed by atoms with Gasteiger partial charge in [0.05, 0.1) is 19.8 Å². The second-order valence-electron chi connectivity index (χ2n) is 3.03. The molecule has 1 N–H and O–H groups in total. The van der Waals surface area contributed by atoms with Gasteiger partial charge in [0.1, 0.15) is 0 Å². The number of nitrogens with zero attached hydrogens (tertiary/aromatic N) is 1. The zero-order valence-electron chi connectivity index (χ0n) is 8.31. The van der Waals surface area contributed by atoms with Gasteiger partial charge in [0.25, 0.3) is 0 Å². The van der Waals surface area contributed by atoms with Crippen LogP contribution in [0.4, 0.5) is 0 Å². The van der Waals surface area contributed by atoms with Crippen molar-refractivity contribution in [3.05, 3.63) is 12.0 Å². The van der Waals surface area contributed by atoms with Gasteiger partial charge in [-0.1, -0.05) is 6.58 Å². The third-order valence-corrected chi connectivity index (χ3v) is 2.99. The van der Waals surface area contributed by atoms with Crippen LogP contribution in [0.2, 0.25) is 0 Å². The van der Waals surface area contributed by atoms with Crippen LogP contribution in [0.3, 0.4) is 0 Å². The van der Waals surface area contributed by atoms with E-state index in [1.54, 1.807) is 4.90 Å². The molecule has 0 bridgehead atoms. The molecule has 86 valence electrons. The van der Waals surface area contributed by atoms with Crippen LogP contribution < -0.4 is 4.72 Å². The van der Waals surface area contributed by atoms with Gasteiger partial charge in [-0.3, -0.25) is 4.79 Å². The molecule has 1 heterocycles. The summed E-state index contributed by atoms with van der Waals surface area (Å²) in [5, 5.41) is 0.777. The summed E-state index contributed by atoms with van der Waals surface area (Å²) in [6.45, 7) is 4.92. The Labute approximate surface area is 88.9 Å². The quantitative estimate of drug-likeness (QED) is 0.670. The average Bonchev–Trinajstić information content (AvgIpc) is 2.27. The minimum atomic E-state index is -3.52. The van der Waals surface area contributed by atoms with E-state index in [1.807, 2.05) is 0 Å². The van der Waals surface area contributed by atoms with E-state index in [1.165, 1.54) is 0 Å². The lowest BCUT2D eigenvalue weighted by molar-refractivity contribution is -0.133. The number of sulfonamides is 1. The highest BCUT2D eigenvalue weighted by Gasteiger charge is 2.17. The van der Waals surface area contributed by atoms with Crippen LogP contribution in [0, 0.1) is 0 Å². The van der Waals surface area contributed by atoms with Crippen LogP contribution in [0.5, 0.6) is 0 Å². The fourth-order valence-electron chi connectivity index (χ4n) is 1.15. The molecule has 0 radical (unpaired) electrons. The second-order valence-corrected chi connectivity index (χ2v) is 4.74. The summed E-state index contributed by atoms with van der Waals surface area (Å²) in [7, 11) is -3.52. The highest BCUT2D eigenvalue weighted by atomic mass is 32.2. The zero-order valence-corrected chi connectivity index (χ0v) is 9.12. The SMILES string of the molecule is C=CS(=O)(=O)NCC(=O)N1CCOCC1. The third-order valence-electron chi connectivity index (χ3n) is 2.01. The standard InChI is InChI=1S/C8H14N2O4S/c1-2-15(12,13)9-7-8(11)10-3-5-14-6-4-10/h2,9H,1,3-7H2. The Morgan fingerprint density at radius 1 is 1.47 bits per heavy atom. The summed E-state index contributed by atoms with van der Waals surface area (Å²) in [6.07, 6.45) is 0. The minimum Gasteiger partial charge on any atom is -0.378 e. The summed E-state index contributed by atoms with van der Waals surface area (Å²) in [6, 6.07) is 0. The minimum absolute atomic E-state index is 0.228. The Morgan fingerprint density at radius 3 is 2.60 bits per heavy atom. The van der Waals surface area contributed by atoms with Crippen molar-refractivity contribution in [3.63, 3.8) is 0 Å². The van der Waals surface area contributed by atoms with Crippen LogP contribution in [0.25, 0.3) is 0 Å². The summed E-state index contributed by atoms with van der Waals surface area (Å²) in [4.78, 5) is 13.0. The van der Waals surface area contributed by atoms with Gasteiger partial charge in [0, 0.05) is 18.5 Å². The van der Waals surface area contributed by atoms with Crippen molar-refractivity contribution < 1.29 is 17.9 Å². The normalized spacial score (nSPS) is 17.5. The molecule has 6 nitrogen and oxygen atoms in total. The maximum absolute atomic E-state index is 11.5. The third kappa shape index (κ3) is 3.98. The van der Waals surface area contributed by atoms with Crippen LogP contribution in [0.1, 0.15) is 0 Å². The summed E-state index contributed by atoms with van der Waals surface area (Å²) in [5.41, 5.74) is 0. The molecule has 1 aliphatic heterocycles. The van der Waals surface area contributed by atoms with Gasteiger partial charge in [-0.05, 0) is 0 Å². The molecule has 1 rings (SSSR count). The van der Waals surface area contributed by atoms with Gasteiger partial charge in [-0.25, -0.2) is 13.1 Å². The maximum Gasteiger partial charge on any atom is 0.237 e. The molecule has 1 saturated heterocycles. The molecule has 0 spiro atoms. The summed E-state index contributed by atoms with van der Waals surface area (Å²) in [5.74, 6) is -0.247. The van der Waals surface area contributed by atoms with Crippen molar-refractivity contribution in [3.8, 4) is 0 Å². The number of nitrogens with one attached hydrogen (secondary N) is 1. The van der Waals surface area contributed by atoms with Crippen LogP contribution >= 0.6 is 0 Å². The van der Waals surface area contributed by atoms with Crippen LogP contribution in [0.15, 0.2) is 12.0 Å². The molecule has 0 unspecified atom stereocenters. The second kappa shape index (κ2) is 5.24. The fraction of sp³-hybridized carbons (Fsp3) is 0.625. The Hall–Kier alpha value is -0.920. The predicted molar refractivity (Wildman–Crippen MR) is 54.5 cm³/mol. The molecule has 0 aromatic carbocycles. The summed E-state index contributed by atoms with van der Waals surface area (Å²) >= 11 is 0. The lowest BCUT2D eigenvalue weighted by Crippen LogP contribution is -2.45. The van der Waals surface area contributed by atoms with E-state index >= 15 is 0 Å². The number of carbonyl (C=O) groups is 1. The molecule has 7 heteroatoms. The van der Waals surface area contributed by atoms with E-state index in [9.17, 15) is 13.2 Å².